The number of aromatic amines is 1. The van der Waals surface area contributed by atoms with Crippen LogP contribution in [0, 0.1) is 0 Å². The summed E-state index contributed by atoms with van der Waals surface area (Å²) in [6, 6.07) is 11.8. The number of esters is 1. The summed E-state index contributed by atoms with van der Waals surface area (Å²) in [6.07, 6.45) is -3.32. The zero-order valence-corrected chi connectivity index (χ0v) is 15.5. The Morgan fingerprint density at radius 3 is 2.33 bits per heavy atom. The third-order valence-corrected chi connectivity index (χ3v) is 4.27. The van der Waals surface area contributed by atoms with Gasteiger partial charge in [0.15, 0.2) is 0 Å². The Morgan fingerprint density at radius 1 is 1.03 bits per heavy atom. The zero-order valence-electron chi connectivity index (χ0n) is 15.5. The molecule has 0 aliphatic heterocycles. The minimum Gasteiger partial charge on any atom is -0.465 e. The van der Waals surface area contributed by atoms with Crippen LogP contribution in [0.5, 0.6) is 0 Å². The second-order valence-electron chi connectivity index (χ2n) is 6.20. The molecule has 0 saturated heterocycles. The first-order valence-corrected chi connectivity index (χ1v) is 8.60. The van der Waals surface area contributed by atoms with E-state index < -0.39 is 29.2 Å². The van der Waals surface area contributed by atoms with Crippen LogP contribution in [0.4, 0.5) is 18.9 Å². The fourth-order valence-electron chi connectivity index (χ4n) is 2.77. The van der Waals surface area contributed by atoms with Gasteiger partial charge in [-0.1, -0.05) is 30.3 Å². The van der Waals surface area contributed by atoms with Crippen molar-refractivity contribution >= 4 is 17.6 Å². The molecular formula is C21H15F3N2O4. The average Bonchev–Trinajstić information content (AvgIpc) is 2.74. The maximum Gasteiger partial charge on any atom is 0.416 e. The minimum absolute atomic E-state index is 0.0309. The molecule has 1 amide bonds. The number of hydrogen-bond acceptors (Lipinski definition) is 4. The van der Waals surface area contributed by atoms with Crippen LogP contribution >= 0.6 is 0 Å². The number of methoxy groups -OCH3 is 1. The lowest BCUT2D eigenvalue weighted by molar-refractivity contribution is -0.137. The van der Waals surface area contributed by atoms with E-state index in [1.165, 1.54) is 31.4 Å². The van der Waals surface area contributed by atoms with Gasteiger partial charge in [0.2, 0.25) is 0 Å². The molecule has 3 aromatic rings. The standard InChI is InChI=1S/C21H15F3N2O4/c1-30-20(29)13-10-17(19(28)25-11-13)26-18(27)16-5-3-2-4-15(16)12-6-8-14(9-7-12)21(22,23)24/h2-11H,1H3,(H,25,28)(H,26,27). The number of pyridine rings is 1. The van der Waals surface area contributed by atoms with Crippen LogP contribution in [-0.2, 0) is 10.9 Å². The van der Waals surface area contributed by atoms with Gasteiger partial charge in [0, 0.05) is 11.8 Å². The van der Waals surface area contributed by atoms with Crippen LogP contribution in [0.25, 0.3) is 11.1 Å². The van der Waals surface area contributed by atoms with Crippen LogP contribution in [0.1, 0.15) is 26.3 Å². The second-order valence-corrected chi connectivity index (χ2v) is 6.20. The number of ether oxygens (including phenoxy) is 1. The number of nitrogens with one attached hydrogen (secondary N) is 2. The van der Waals surface area contributed by atoms with Crippen LogP contribution in [0.2, 0.25) is 0 Å². The second kappa shape index (κ2) is 8.24. The number of halogens is 3. The number of aromatic nitrogens is 1. The quantitative estimate of drug-likeness (QED) is 0.627. The van der Waals surface area contributed by atoms with E-state index in [-0.39, 0.29) is 16.8 Å². The number of hydrogen-bond donors (Lipinski definition) is 2. The van der Waals surface area contributed by atoms with E-state index in [2.05, 4.69) is 15.0 Å². The van der Waals surface area contributed by atoms with Gasteiger partial charge in [0.05, 0.1) is 18.2 Å². The highest BCUT2D eigenvalue weighted by Gasteiger charge is 2.30. The Morgan fingerprint density at radius 2 is 1.70 bits per heavy atom. The maximum absolute atomic E-state index is 12.8. The first-order chi connectivity index (χ1) is 14.2. The highest BCUT2D eigenvalue weighted by atomic mass is 19.4. The van der Waals surface area contributed by atoms with Gasteiger partial charge in [-0.25, -0.2) is 4.79 Å². The zero-order chi connectivity index (χ0) is 21.9. The van der Waals surface area contributed by atoms with Crippen molar-refractivity contribution in [1.29, 1.82) is 0 Å². The lowest BCUT2D eigenvalue weighted by Gasteiger charge is -2.12. The van der Waals surface area contributed by atoms with Crippen LogP contribution < -0.4 is 10.9 Å². The van der Waals surface area contributed by atoms with Crippen molar-refractivity contribution in [3.8, 4) is 11.1 Å². The number of anilines is 1. The lowest BCUT2D eigenvalue weighted by atomic mass is 9.98. The average molecular weight is 416 g/mol. The molecule has 1 heterocycles. The van der Waals surface area contributed by atoms with Crippen molar-refractivity contribution in [2.75, 3.05) is 12.4 Å². The first kappa shape index (κ1) is 20.8. The fourth-order valence-corrected chi connectivity index (χ4v) is 2.77. The van der Waals surface area contributed by atoms with Gasteiger partial charge >= 0.3 is 12.1 Å². The number of carbonyl (C=O) groups excluding carboxylic acids is 2. The topological polar surface area (TPSA) is 88.3 Å². The summed E-state index contributed by atoms with van der Waals surface area (Å²) in [4.78, 5) is 38.7. The molecule has 3 rings (SSSR count). The van der Waals surface area contributed by atoms with Gasteiger partial charge in [-0.05, 0) is 35.4 Å². The molecule has 1 aromatic heterocycles. The molecule has 6 nitrogen and oxygen atoms in total. The molecule has 154 valence electrons. The molecule has 0 radical (unpaired) electrons. The van der Waals surface area contributed by atoms with Crippen molar-refractivity contribution in [1.82, 2.24) is 4.98 Å². The van der Waals surface area contributed by atoms with Gasteiger partial charge in [-0.2, -0.15) is 13.2 Å². The first-order valence-electron chi connectivity index (χ1n) is 8.60. The number of rotatable bonds is 4. The molecule has 30 heavy (non-hydrogen) atoms. The molecule has 0 saturated carbocycles. The van der Waals surface area contributed by atoms with Crippen molar-refractivity contribution in [3.05, 3.63) is 87.8 Å². The Bertz CT molecular complexity index is 1150. The summed E-state index contributed by atoms with van der Waals surface area (Å²) in [5.41, 5.74) is -0.675. The molecule has 0 unspecified atom stereocenters. The van der Waals surface area contributed by atoms with E-state index in [1.54, 1.807) is 18.2 Å². The van der Waals surface area contributed by atoms with Crippen molar-refractivity contribution in [2.45, 2.75) is 6.18 Å². The van der Waals surface area contributed by atoms with Crippen molar-refractivity contribution in [2.24, 2.45) is 0 Å². The van der Waals surface area contributed by atoms with Gasteiger partial charge in [0.1, 0.15) is 5.69 Å². The SMILES string of the molecule is COC(=O)c1c[nH]c(=O)c(NC(=O)c2ccccc2-c2ccc(C(F)(F)F)cc2)c1. The Hall–Kier alpha value is -3.88. The number of benzene rings is 2. The van der Waals surface area contributed by atoms with Crippen LogP contribution in [0.3, 0.4) is 0 Å². The molecule has 2 N–H and O–H groups in total. The van der Waals surface area contributed by atoms with Gasteiger partial charge in [0.25, 0.3) is 11.5 Å². The number of alkyl halides is 3. The highest BCUT2D eigenvalue weighted by Crippen LogP contribution is 2.32. The Balaban J connectivity index is 1.94. The largest absolute Gasteiger partial charge is 0.465 e. The summed E-state index contributed by atoms with van der Waals surface area (Å²) in [5.74, 6) is -1.37. The van der Waals surface area contributed by atoms with E-state index in [0.717, 1.165) is 18.3 Å². The molecule has 0 spiro atoms. The van der Waals surface area contributed by atoms with Crippen molar-refractivity contribution in [3.63, 3.8) is 0 Å². The molecule has 2 aromatic carbocycles. The Labute approximate surface area is 168 Å². The molecule has 0 fully saturated rings. The van der Waals surface area contributed by atoms with Crippen molar-refractivity contribution < 1.29 is 27.5 Å². The van der Waals surface area contributed by atoms with E-state index in [9.17, 15) is 27.6 Å². The summed E-state index contributed by atoms with van der Waals surface area (Å²) in [6.45, 7) is 0. The molecule has 0 atom stereocenters. The van der Waals surface area contributed by atoms with Crippen LogP contribution in [-0.4, -0.2) is 24.0 Å². The summed E-state index contributed by atoms with van der Waals surface area (Å²) < 4.78 is 43.0. The van der Waals surface area contributed by atoms with Gasteiger partial charge < -0.3 is 15.0 Å². The number of carbonyl (C=O) groups is 2. The highest BCUT2D eigenvalue weighted by molar-refractivity contribution is 6.09. The molecule has 0 aliphatic carbocycles. The summed E-state index contributed by atoms with van der Waals surface area (Å²) in [7, 11) is 1.17. The monoisotopic (exact) mass is 416 g/mol. The number of H-pyrrole nitrogens is 1. The van der Waals surface area contributed by atoms with Gasteiger partial charge in [-0.3, -0.25) is 9.59 Å². The predicted octanol–water partition coefficient (Wildman–Crippen LogP) is 4.10. The van der Waals surface area contributed by atoms with E-state index in [4.69, 9.17) is 0 Å². The molecule has 0 bridgehead atoms. The van der Waals surface area contributed by atoms with E-state index >= 15 is 0 Å². The normalized spacial score (nSPS) is 11.1. The smallest absolute Gasteiger partial charge is 0.416 e. The minimum atomic E-state index is -4.47. The number of amides is 1. The molecule has 0 aliphatic rings. The Kier molecular flexibility index (Phi) is 5.72. The summed E-state index contributed by atoms with van der Waals surface area (Å²) in [5, 5.41) is 2.42. The van der Waals surface area contributed by atoms with E-state index in [1.807, 2.05) is 0 Å². The predicted molar refractivity (Wildman–Crippen MR) is 103 cm³/mol. The van der Waals surface area contributed by atoms with E-state index in [0.29, 0.717) is 11.1 Å². The third kappa shape index (κ3) is 4.40. The molecule has 9 heteroatoms. The van der Waals surface area contributed by atoms with Crippen LogP contribution in [0.15, 0.2) is 65.6 Å². The maximum atomic E-state index is 12.8. The summed E-state index contributed by atoms with van der Waals surface area (Å²) >= 11 is 0. The third-order valence-electron chi connectivity index (χ3n) is 4.27. The molecular weight excluding hydrogens is 401 g/mol. The lowest BCUT2D eigenvalue weighted by Crippen LogP contribution is -2.21. The van der Waals surface area contributed by atoms with Gasteiger partial charge in [-0.15, -0.1) is 0 Å². The fraction of sp³-hybridized carbons (Fsp3) is 0.0952.